The summed E-state index contributed by atoms with van der Waals surface area (Å²) in [6.45, 7) is 2.74. The van der Waals surface area contributed by atoms with E-state index in [1.165, 1.54) is 0 Å². The van der Waals surface area contributed by atoms with Crippen molar-refractivity contribution >= 4 is 11.8 Å². The summed E-state index contributed by atoms with van der Waals surface area (Å²) < 4.78 is 5.72. The van der Waals surface area contributed by atoms with E-state index in [1.807, 2.05) is 6.07 Å². The lowest BCUT2D eigenvalue weighted by Crippen LogP contribution is -2.59. The highest BCUT2D eigenvalue weighted by Gasteiger charge is 2.40. The van der Waals surface area contributed by atoms with Gasteiger partial charge in [0.25, 0.3) is 5.91 Å². The Bertz CT molecular complexity index is 800. The molecule has 0 spiro atoms. The summed E-state index contributed by atoms with van der Waals surface area (Å²) in [7, 11) is 0. The highest BCUT2D eigenvalue weighted by Crippen LogP contribution is 2.29. The Morgan fingerprint density at radius 2 is 1.83 bits per heavy atom. The number of nitrogens with one attached hydrogen (secondary N) is 2. The van der Waals surface area contributed by atoms with E-state index < -0.39 is 5.54 Å². The zero-order chi connectivity index (χ0) is 20.5. The Morgan fingerprint density at radius 3 is 2.48 bits per heavy atom. The number of hydrogen-bond donors (Lipinski definition) is 2. The highest BCUT2D eigenvalue weighted by molar-refractivity contribution is 5.99. The molecule has 29 heavy (non-hydrogen) atoms. The molecular weight excluding hydrogens is 366 g/mol. The van der Waals surface area contributed by atoms with Crippen LogP contribution in [0.25, 0.3) is 0 Å². The van der Waals surface area contributed by atoms with Crippen molar-refractivity contribution in [3.8, 4) is 11.5 Å². The molecular formula is C23H29N3O3. The van der Waals surface area contributed by atoms with Gasteiger partial charge in [-0.05, 0) is 55.7 Å². The zero-order valence-electron chi connectivity index (χ0n) is 16.9. The van der Waals surface area contributed by atoms with Gasteiger partial charge in [0.05, 0.1) is 6.20 Å². The summed E-state index contributed by atoms with van der Waals surface area (Å²) in [6.07, 6.45) is 9.61. The van der Waals surface area contributed by atoms with Crippen molar-refractivity contribution in [2.75, 3.05) is 6.54 Å². The number of amides is 2. The van der Waals surface area contributed by atoms with Crippen molar-refractivity contribution in [3.05, 3.63) is 54.4 Å². The Morgan fingerprint density at radius 1 is 1.07 bits per heavy atom. The molecule has 154 valence electrons. The molecule has 2 amide bonds. The van der Waals surface area contributed by atoms with E-state index >= 15 is 0 Å². The largest absolute Gasteiger partial charge is 0.456 e. The molecule has 6 heteroatoms. The summed E-state index contributed by atoms with van der Waals surface area (Å²) in [5, 5.41) is 6.05. The van der Waals surface area contributed by atoms with Crippen LogP contribution in [0.1, 0.15) is 62.2 Å². The number of nitrogens with zero attached hydrogens (tertiary/aromatic N) is 1. The molecule has 0 radical (unpaired) electrons. The minimum atomic E-state index is -0.812. The minimum Gasteiger partial charge on any atom is -0.456 e. The molecule has 0 aliphatic heterocycles. The molecule has 1 heterocycles. The van der Waals surface area contributed by atoms with Crippen LogP contribution in [-0.4, -0.2) is 28.9 Å². The fraction of sp³-hybridized carbons (Fsp3) is 0.435. The molecule has 6 nitrogen and oxygen atoms in total. The number of pyridine rings is 1. The summed E-state index contributed by atoms with van der Waals surface area (Å²) in [6, 6.07) is 10.5. The smallest absolute Gasteiger partial charge is 0.252 e. The lowest BCUT2D eigenvalue weighted by molar-refractivity contribution is -0.128. The van der Waals surface area contributed by atoms with Gasteiger partial charge in [-0.2, -0.15) is 0 Å². The molecule has 1 aromatic heterocycles. The predicted octanol–water partition coefficient (Wildman–Crippen LogP) is 4.22. The lowest BCUT2D eigenvalue weighted by atomic mass is 9.80. The maximum absolute atomic E-state index is 12.9. The molecule has 1 aromatic carbocycles. The molecule has 1 fully saturated rings. The van der Waals surface area contributed by atoms with Crippen LogP contribution in [-0.2, 0) is 4.79 Å². The first-order valence-electron chi connectivity index (χ1n) is 10.4. The van der Waals surface area contributed by atoms with E-state index in [0.29, 0.717) is 36.4 Å². The number of unbranched alkanes of at least 4 members (excludes halogenated alkanes) is 1. The number of hydrogen-bond acceptors (Lipinski definition) is 4. The second-order valence-corrected chi connectivity index (χ2v) is 7.52. The topological polar surface area (TPSA) is 80.3 Å². The van der Waals surface area contributed by atoms with Crippen LogP contribution in [0.5, 0.6) is 11.5 Å². The van der Waals surface area contributed by atoms with Crippen molar-refractivity contribution in [1.29, 1.82) is 0 Å². The van der Waals surface area contributed by atoms with Gasteiger partial charge in [0.1, 0.15) is 17.0 Å². The summed E-state index contributed by atoms with van der Waals surface area (Å²) in [5.41, 5.74) is -0.302. The zero-order valence-corrected chi connectivity index (χ0v) is 16.9. The number of carbonyl (C=O) groups is 2. The number of benzene rings is 1. The van der Waals surface area contributed by atoms with Gasteiger partial charge >= 0.3 is 0 Å². The second-order valence-electron chi connectivity index (χ2n) is 7.52. The first kappa shape index (κ1) is 20.8. The first-order chi connectivity index (χ1) is 14.1. The fourth-order valence-corrected chi connectivity index (χ4v) is 3.62. The van der Waals surface area contributed by atoms with Gasteiger partial charge in [0.2, 0.25) is 5.91 Å². The van der Waals surface area contributed by atoms with Gasteiger partial charge in [-0.3, -0.25) is 14.6 Å². The van der Waals surface area contributed by atoms with E-state index in [0.717, 1.165) is 32.1 Å². The van der Waals surface area contributed by atoms with Crippen molar-refractivity contribution in [2.24, 2.45) is 0 Å². The molecule has 1 saturated carbocycles. The van der Waals surface area contributed by atoms with Crippen LogP contribution in [0.4, 0.5) is 0 Å². The second kappa shape index (κ2) is 10.0. The van der Waals surface area contributed by atoms with E-state index in [9.17, 15) is 9.59 Å². The molecule has 2 N–H and O–H groups in total. The lowest BCUT2D eigenvalue weighted by Gasteiger charge is -2.36. The van der Waals surface area contributed by atoms with Crippen LogP contribution >= 0.6 is 0 Å². The van der Waals surface area contributed by atoms with Gasteiger partial charge in [-0.1, -0.05) is 32.6 Å². The number of carbonyl (C=O) groups excluding carboxylic acids is 2. The first-order valence-corrected chi connectivity index (χ1v) is 10.4. The van der Waals surface area contributed by atoms with Crippen LogP contribution in [0.3, 0.4) is 0 Å². The quantitative estimate of drug-likeness (QED) is 0.656. The average molecular weight is 396 g/mol. The van der Waals surface area contributed by atoms with Crippen molar-refractivity contribution < 1.29 is 14.3 Å². The van der Waals surface area contributed by atoms with E-state index in [4.69, 9.17) is 4.74 Å². The van der Waals surface area contributed by atoms with Crippen LogP contribution < -0.4 is 15.4 Å². The number of aromatic nitrogens is 1. The predicted molar refractivity (Wildman–Crippen MR) is 112 cm³/mol. The highest BCUT2D eigenvalue weighted by atomic mass is 16.5. The normalized spacial score (nSPS) is 15.3. The van der Waals surface area contributed by atoms with Crippen LogP contribution in [0.2, 0.25) is 0 Å². The van der Waals surface area contributed by atoms with Crippen LogP contribution in [0, 0.1) is 0 Å². The molecule has 1 aliphatic carbocycles. The van der Waals surface area contributed by atoms with E-state index in [1.54, 1.807) is 42.7 Å². The SMILES string of the molecule is CCCCNC(=O)C1(NC(=O)c2ccc(Oc3cccnc3)cc2)CCCCC1. The van der Waals surface area contributed by atoms with Gasteiger partial charge in [0.15, 0.2) is 0 Å². The molecule has 3 rings (SSSR count). The van der Waals surface area contributed by atoms with Crippen molar-refractivity contribution in [1.82, 2.24) is 15.6 Å². The molecule has 1 aliphatic rings. The summed E-state index contributed by atoms with van der Waals surface area (Å²) >= 11 is 0. The molecule has 0 atom stereocenters. The maximum atomic E-state index is 12.9. The number of ether oxygens (including phenoxy) is 1. The standard InChI is InChI=1S/C23H29N3O3/c1-2-3-16-25-22(28)23(13-5-4-6-14-23)26-21(27)18-9-11-19(12-10-18)29-20-8-7-15-24-17-20/h7-12,15,17H,2-6,13-14,16H2,1H3,(H,25,28)(H,26,27). The summed E-state index contributed by atoms with van der Waals surface area (Å²) in [4.78, 5) is 29.8. The Labute approximate surface area is 172 Å². The third-order valence-corrected chi connectivity index (χ3v) is 5.30. The Balaban J connectivity index is 1.66. The molecule has 0 unspecified atom stereocenters. The van der Waals surface area contributed by atoms with E-state index in [-0.39, 0.29) is 11.8 Å². The van der Waals surface area contributed by atoms with Crippen molar-refractivity contribution in [2.45, 2.75) is 57.4 Å². The van der Waals surface area contributed by atoms with Gasteiger partial charge in [-0.25, -0.2) is 0 Å². The van der Waals surface area contributed by atoms with Crippen molar-refractivity contribution in [3.63, 3.8) is 0 Å². The van der Waals surface area contributed by atoms with E-state index in [2.05, 4.69) is 22.5 Å². The molecule has 2 aromatic rings. The average Bonchev–Trinajstić information content (AvgIpc) is 2.75. The Kier molecular flexibility index (Phi) is 7.22. The third kappa shape index (κ3) is 5.56. The van der Waals surface area contributed by atoms with Gasteiger partial charge in [-0.15, -0.1) is 0 Å². The maximum Gasteiger partial charge on any atom is 0.252 e. The van der Waals surface area contributed by atoms with Gasteiger partial charge < -0.3 is 15.4 Å². The minimum absolute atomic E-state index is 0.0597. The summed E-state index contributed by atoms with van der Waals surface area (Å²) in [5.74, 6) is 0.967. The van der Waals surface area contributed by atoms with Gasteiger partial charge in [0, 0.05) is 18.3 Å². The van der Waals surface area contributed by atoms with Crippen LogP contribution in [0.15, 0.2) is 48.8 Å². The molecule has 0 saturated heterocycles. The molecule has 0 bridgehead atoms. The number of rotatable bonds is 8. The Hall–Kier alpha value is -2.89. The fourth-order valence-electron chi connectivity index (χ4n) is 3.62. The third-order valence-electron chi connectivity index (χ3n) is 5.30. The monoisotopic (exact) mass is 395 g/mol.